The number of aryl methyl sites for hydroxylation is 1. The van der Waals surface area contributed by atoms with Gasteiger partial charge >= 0.3 is 0 Å². The highest BCUT2D eigenvalue weighted by atomic mass is 32.2. The highest BCUT2D eigenvalue weighted by Crippen LogP contribution is 2.32. The third kappa shape index (κ3) is 6.13. The van der Waals surface area contributed by atoms with E-state index in [1.807, 2.05) is 37.3 Å². The number of aromatic nitrogens is 2. The Bertz CT molecular complexity index is 887. The number of thioether (sulfide) groups is 1. The van der Waals surface area contributed by atoms with Crippen molar-refractivity contribution in [3.63, 3.8) is 0 Å². The highest BCUT2D eigenvalue weighted by Gasteiger charge is 2.21. The Labute approximate surface area is 175 Å². The molecule has 7 nitrogen and oxygen atoms in total. The first-order valence-electron chi connectivity index (χ1n) is 9.24. The van der Waals surface area contributed by atoms with Crippen LogP contribution in [0.25, 0.3) is 0 Å². The van der Waals surface area contributed by atoms with E-state index in [0.717, 1.165) is 17.3 Å². The molecule has 1 aromatic heterocycles. The van der Waals surface area contributed by atoms with Crippen LogP contribution in [0.15, 0.2) is 47.1 Å². The van der Waals surface area contributed by atoms with Crippen LogP contribution < -0.4 is 5.73 Å². The molecule has 1 aromatic carbocycles. The first kappa shape index (κ1) is 22.6. The van der Waals surface area contributed by atoms with Gasteiger partial charge in [0.05, 0.1) is 12.5 Å². The van der Waals surface area contributed by atoms with Gasteiger partial charge in [-0.2, -0.15) is 0 Å². The Balaban J connectivity index is 2.24. The zero-order chi connectivity index (χ0) is 21.4. The van der Waals surface area contributed by atoms with Crippen molar-refractivity contribution in [3.8, 4) is 0 Å². The SMILES string of the molecule is C/C(=C(\CCO)SC(=O)C(C)c1ccccc1)N(C=O)Cc1cnc(C)nc1N. The van der Waals surface area contributed by atoms with Crippen LogP contribution in [-0.4, -0.2) is 38.1 Å². The van der Waals surface area contributed by atoms with Crippen LogP contribution in [0.1, 0.15) is 43.1 Å². The molecule has 2 aromatic rings. The van der Waals surface area contributed by atoms with E-state index in [1.165, 1.54) is 4.90 Å². The van der Waals surface area contributed by atoms with Crippen molar-refractivity contribution in [2.45, 2.75) is 39.7 Å². The smallest absolute Gasteiger partial charge is 0.214 e. The quantitative estimate of drug-likeness (QED) is 0.607. The molecule has 0 aliphatic heterocycles. The van der Waals surface area contributed by atoms with Gasteiger partial charge in [-0.15, -0.1) is 0 Å². The Hall–Kier alpha value is -2.71. The van der Waals surface area contributed by atoms with Gasteiger partial charge in [0.15, 0.2) is 0 Å². The number of hydrogen-bond donors (Lipinski definition) is 2. The minimum Gasteiger partial charge on any atom is -0.396 e. The Kier molecular flexibility index (Phi) is 8.35. The van der Waals surface area contributed by atoms with Crippen LogP contribution >= 0.6 is 11.8 Å². The number of nitrogen functional groups attached to an aromatic ring is 1. The van der Waals surface area contributed by atoms with Crippen molar-refractivity contribution in [1.82, 2.24) is 14.9 Å². The van der Waals surface area contributed by atoms with Crippen molar-refractivity contribution in [2.75, 3.05) is 12.3 Å². The molecular weight excluding hydrogens is 388 g/mol. The van der Waals surface area contributed by atoms with Gasteiger partial charge < -0.3 is 15.7 Å². The molecule has 154 valence electrons. The van der Waals surface area contributed by atoms with Crippen molar-refractivity contribution in [3.05, 3.63) is 64.1 Å². The molecule has 0 aliphatic rings. The number of hydrogen-bond acceptors (Lipinski definition) is 7. The molecule has 2 rings (SSSR count). The Morgan fingerprint density at radius 1 is 1.34 bits per heavy atom. The summed E-state index contributed by atoms with van der Waals surface area (Å²) in [6.07, 6.45) is 2.54. The number of carbonyl (C=O) groups excluding carboxylic acids is 2. The summed E-state index contributed by atoms with van der Waals surface area (Å²) in [5, 5.41) is 9.41. The minimum absolute atomic E-state index is 0.0527. The highest BCUT2D eigenvalue weighted by molar-refractivity contribution is 8.17. The molecule has 1 unspecified atom stereocenters. The third-order valence-electron chi connectivity index (χ3n) is 4.54. The number of aliphatic hydroxyl groups excluding tert-OH is 1. The average molecular weight is 415 g/mol. The predicted molar refractivity (Wildman–Crippen MR) is 115 cm³/mol. The minimum atomic E-state index is -0.312. The number of nitrogens with zero attached hydrogens (tertiary/aromatic N) is 3. The van der Waals surface area contributed by atoms with E-state index in [9.17, 15) is 14.7 Å². The number of allylic oxidation sites excluding steroid dienone is 1. The van der Waals surface area contributed by atoms with E-state index in [1.54, 1.807) is 20.0 Å². The first-order chi connectivity index (χ1) is 13.9. The molecule has 8 heteroatoms. The lowest BCUT2D eigenvalue weighted by Crippen LogP contribution is -2.22. The van der Waals surface area contributed by atoms with E-state index < -0.39 is 0 Å². The molecule has 0 aliphatic carbocycles. The number of nitrogens with two attached hydrogens (primary N) is 1. The molecule has 0 spiro atoms. The number of carbonyl (C=O) groups is 2. The fourth-order valence-electron chi connectivity index (χ4n) is 2.71. The lowest BCUT2D eigenvalue weighted by molar-refractivity contribution is -0.117. The summed E-state index contributed by atoms with van der Waals surface area (Å²) in [7, 11) is 0. The lowest BCUT2D eigenvalue weighted by Gasteiger charge is -2.22. The largest absolute Gasteiger partial charge is 0.396 e. The summed E-state index contributed by atoms with van der Waals surface area (Å²) in [5.74, 6) is 0.545. The van der Waals surface area contributed by atoms with Gasteiger partial charge in [-0.25, -0.2) is 9.97 Å². The van der Waals surface area contributed by atoms with Gasteiger partial charge in [-0.05, 0) is 19.4 Å². The van der Waals surface area contributed by atoms with Crippen LogP contribution in [0.2, 0.25) is 0 Å². The normalized spacial score (nSPS) is 12.8. The maximum atomic E-state index is 12.8. The number of aliphatic hydroxyl groups is 1. The zero-order valence-electron chi connectivity index (χ0n) is 16.8. The fraction of sp³-hybridized carbons (Fsp3) is 0.333. The second-order valence-electron chi connectivity index (χ2n) is 6.60. The summed E-state index contributed by atoms with van der Waals surface area (Å²) >= 11 is 1.06. The molecule has 0 bridgehead atoms. The van der Waals surface area contributed by atoms with Crippen LogP contribution in [0.5, 0.6) is 0 Å². The van der Waals surface area contributed by atoms with Crippen molar-refractivity contribution in [2.24, 2.45) is 0 Å². The van der Waals surface area contributed by atoms with Crippen molar-refractivity contribution in [1.29, 1.82) is 0 Å². The Morgan fingerprint density at radius 3 is 2.62 bits per heavy atom. The molecule has 0 saturated carbocycles. The molecule has 0 saturated heterocycles. The Morgan fingerprint density at radius 2 is 2.03 bits per heavy atom. The average Bonchev–Trinajstić information content (AvgIpc) is 2.72. The third-order valence-corrected chi connectivity index (χ3v) is 5.84. The van der Waals surface area contributed by atoms with E-state index in [0.29, 0.717) is 34.2 Å². The first-order valence-corrected chi connectivity index (χ1v) is 10.1. The topological polar surface area (TPSA) is 109 Å². The van der Waals surface area contributed by atoms with Gasteiger partial charge in [0.25, 0.3) is 0 Å². The summed E-state index contributed by atoms with van der Waals surface area (Å²) in [6.45, 7) is 5.38. The van der Waals surface area contributed by atoms with Gasteiger partial charge in [-0.3, -0.25) is 9.59 Å². The molecule has 29 heavy (non-hydrogen) atoms. The maximum absolute atomic E-state index is 12.8. The number of amides is 1. The molecular formula is C21H26N4O3S. The van der Waals surface area contributed by atoms with E-state index >= 15 is 0 Å². The van der Waals surface area contributed by atoms with Gasteiger partial charge in [-0.1, -0.05) is 49.0 Å². The summed E-state index contributed by atoms with van der Waals surface area (Å²) < 4.78 is 0. The van der Waals surface area contributed by atoms with Crippen LogP contribution in [0.4, 0.5) is 5.82 Å². The van der Waals surface area contributed by atoms with Gasteiger partial charge in [0, 0.05) is 35.4 Å². The molecule has 3 N–H and O–H groups in total. The number of anilines is 1. The maximum Gasteiger partial charge on any atom is 0.214 e. The summed E-state index contributed by atoms with van der Waals surface area (Å²) in [6, 6.07) is 9.49. The van der Waals surface area contributed by atoms with Crippen LogP contribution in [-0.2, 0) is 16.1 Å². The predicted octanol–water partition coefficient (Wildman–Crippen LogP) is 3.00. The molecule has 1 heterocycles. The number of rotatable bonds is 9. The second-order valence-corrected chi connectivity index (χ2v) is 7.70. The van der Waals surface area contributed by atoms with E-state index in [-0.39, 0.29) is 30.6 Å². The monoisotopic (exact) mass is 414 g/mol. The number of benzene rings is 1. The van der Waals surface area contributed by atoms with Crippen LogP contribution in [0.3, 0.4) is 0 Å². The van der Waals surface area contributed by atoms with E-state index in [4.69, 9.17) is 5.73 Å². The van der Waals surface area contributed by atoms with E-state index in [2.05, 4.69) is 9.97 Å². The molecule has 1 amide bonds. The molecule has 0 radical (unpaired) electrons. The van der Waals surface area contributed by atoms with Crippen molar-refractivity contribution >= 4 is 29.1 Å². The van der Waals surface area contributed by atoms with Gasteiger partial charge in [0.1, 0.15) is 11.6 Å². The van der Waals surface area contributed by atoms with Crippen molar-refractivity contribution < 1.29 is 14.7 Å². The van der Waals surface area contributed by atoms with Gasteiger partial charge in [0.2, 0.25) is 11.5 Å². The summed E-state index contributed by atoms with van der Waals surface area (Å²) in [4.78, 5) is 34.9. The second kappa shape index (κ2) is 10.7. The standard InChI is InChI=1S/C21H26N4O3S/c1-14(17-7-5-4-6-8-17)21(28)29-19(9-10-26)15(2)25(13-27)12-18-11-23-16(3)24-20(18)22/h4-8,11,13-14,26H,9-10,12H2,1-3H3,(H2,22,23,24)/b19-15-. The molecule has 1 atom stereocenters. The fourth-order valence-corrected chi connectivity index (χ4v) is 3.72. The zero-order valence-corrected chi connectivity index (χ0v) is 17.6. The summed E-state index contributed by atoms with van der Waals surface area (Å²) in [5.41, 5.74) is 8.06. The lowest BCUT2D eigenvalue weighted by atomic mass is 10.0. The van der Waals surface area contributed by atoms with Crippen LogP contribution in [0, 0.1) is 6.92 Å². The molecule has 0 fully saturated rings.